The van der Waals surface area contributed by atoms with Crippen molar-refractivity contribution in [3.05, 3.63) is 89.0 Å². The Morgan fingerprint density at radius 2 is 1.97 bits per heavy atom. The summed E-state index contributed by atoms with van der Waals surface area (Å²) in [6.45, 7) is 3.45. The Balaban J connectivity index is 1.54. The van der Waals surface area contributed by atoms with Gasteiger partial charge in [-0.25, -0.2) is 0 Å². The van der Waals surface area contributed by atoms with Gasteiger partial charge in [-0.05, 0) is 73.6 Å². The van der Waals surface area contributed by atoms with Gasteiger partial charge < -0.3 is 19.6 Å². The van der Waals surface area contributed by atoms with Crippen molar-refractivity contribution in [3.8, 4) is 0 Å². The minimum atomic E-state index is 0.605. The number of aryl methyl sites for hydroxylation is 1. The largest absolute Gasteiger partial charge is 0.467 e. The summed E-state index contributed by atoms with van der Waals surface area (Å²) in [7, 11) is 0. The molecule has 148 valence electrons. The van der Waals surface area contributed by atoms with Crippen LogP contribution in [-0.4, -0.2) is 21.5 Å². The number of aromatic nitrogens is 1. The van der Waals surface area contributed by atoms with Gasteiger partial charge in [-0.15, -0.1) is 0 Å². The van der Waals surface area contributed by atoms with E-state index >= 15 is 0 Å². The number of rotatable bonds is 6. The van der Waals surface area contributed by atoms with Crippen LogP contribution in [0, 0.1) is 6.92 Å². The van der Waals surface area contributed by atoms with E-state index in [1.165, 1.54) is 5.56 Å². The molecule has 29 heavy (non-hydrogen) atoms. The number of anilines is 1. The molecule has 0 aliphatic carbocycles. The van der Waals surface area contributed by atoms with E-state index in [4.69, 9.17) is 28.2 Å². The fourth-order valence-electron chi connectivity index (χ4n) is 3.49. The summed E-state index contributed by atoms with van der Waals surface area (Å²) in [5.74, 6) is 0.876. The molecule has 0 saturated heterocycles. The summed E-state index contributed by atoms with van der Waals surface area (Å²) in [5.41, 5.74) is 4.48. The van der Waals surface area contributed by atoms with E-state index in [1.807, 2.05) is 60.7 Å². The molecule has 0 spiro atoms. The summed E-state index contributed by atoms with van der Waals surface area (Å²) in [6.07, 6.45) is 2.52. The van der Waals surface area contributed by atoms with Crippen molar-refractivity contribution in [2.45, 2.75) is 19.9 Å². The fraction of sp³-hybridized carbons (Fsp3) is 0.174. The highest BCUT2D eigenvalue weighted by Gasteiger charge is 2.15. The molecule has 0 bridgehead atoms. The van der Waals surface area contributed by atoms with Gasteiger partial charge in [0.05, 0.1) is 12.8 Å². The van der Waals surface area contributed by atoms with Crippen LogP contribution in [0.1, 0.15) is 17.0 Å². The van der Waals surface area contributed by atoms with Crippen LogP contribution in [-0.2, 0) is 13.0 Å². The third kappa shape index (κ3) is 4.63. The lowest BCUT2D eigenvalue weighted by Gasteiger charge is -2.25. The predicted octanol–water partition coefficient (Wildman–Crippen LogP) is 6.16. The van der Waals surface area contributed by atoms with Gasteiger partial charge in [0.2, 0.25) is 0 Å². The Labute approximate surface area is 180 Å². The monoisotopic (exact) mass is 423 g/mol. The first-order valence-electron chi connectivity index (χ1n) is 9.50. The molecule has 6 heteroatoms. The lowest BCUT2D eigenvalue weighted by atomic mass is 10.1. The molecule has 0 amide bonds. The second kappa shape index (κ2) is 8.72. The predicted molar refractivity (Wildman–Crippen MR) is 124 cm³/mol. The van der Waals surface area contributed by atoms with E-state index in [9.17, 15) is 0 Å². The first-order valence-corrected chi connectivity index (χ1v) is 10.3. The van der Waals surface area contributed by atoms with E-state index in [0.717, 1.165) is 46.0 Å². The molecule has 0 radical (unpaired) electrons. The van der Waals surface area contributed by atoms with Crippen LogP contribution in [0.3, 0.4) is 0 Å². The molecule has 2 heterocycles. The number of fused-ring (bicyclic) bond motifs is 1. The molecule has 2 aromatic heterocycles. The van der Waals surface area contributed by atoms with Crippen molar-refractivity contribution in [3.63, 3.8) is 0 Å². The van der Waals surface area contributed by atoms with Crippen LogP contribution >= 0.6 is 23.8 Å². The summed E-state index contributed by atoms with van der Waals surface area (Å²) < 4.78 is 5.56. The van der Waals surface area contributed by atoms with Crippen LogP contribution in [0.15, 0.2) is 71.3 Å². The Bertz CT molecular complexity index is 1110. The van der Waals surface area contributed by atoms with Crippen molar-refractivity contribution in [1.82, 2.24) is 9.88 Å². The summed E-state index contributed by atoms with van der Waals surface area (Å²) in [6, 6.07) is 19.8. The van der Waals surface area contributed by atoms with Crippen molar-refractivity contribution < 1.29 is 4.42 Å². The quantitative estimate of drug-likeness (QED) is 0.364. The maximum absolute atomic E-state index is 6.23. The van der Waals surface area contributed by atoms with Gasteiger partial charge in [0.1, 0.15) is 5.76 Å². The number of hydrogen-bond acceptors (Lipinski definition) is 2. The second-order valence-corrected chi connectivity index (χ2v) is 7.79. The molecule has 0 aliphatic heterocycles. The van der Waals surface area contributed by atoms with Crippen molar-refractivity contribution >= 4 is 45.5 Å². The molecule has 0 aliphatic rings. The molecular formula is C23H22ClN3OS. The highest BCUT2D eigenvalue weighted by Crippen LogP contribution is 2.26. The average molecular weight is 424 g/mol. The molecule has 0 saturated carbocycles. The Kier molecular flexibility index (Phi) is 5.88. The van der Waals surface area contributed by atoms with Gasteiger partial charge in [0, 0.05) is 33.9 Å². The molecule has 4 nitrogen and oxygen atoms in total. The molecule has 2 aromatic carbocycles. The number of furan rings is 1. The lowest BCUT2D eigenvalue weighted by molar-refractivity contribution is 0.368. The summed E-state index contributed by atoms with van der Waals surface area (Å²) >= 11 is 11.9. The number of hydrogen-bond donors (Lipinski definition) is 2. The normalized spacial score (nSPS) is 11.0. The number of benzene rings is 2. The van der Waals surface area contributed by atoms with E-state index in [0.29, 0.717) is 11.7 Å². The fourth-order valence-corrected chi connectivity index (χ4v) is 3.94. The van der Waals surface area contributed by atoms with Crippen LogP contribution < -0.4 is 5.32 Å². The number of nitrogens with one attached hydrogen (secondary N) is 2. The van der Waals surface area contributed by atoms with Crippen molar-refractivity contribution in [1.29, 1.82) is 0 Å². The van der Waals surface area contributed by atoms with Crippen LogP contribution in [0.2, 0.25) is 5.02 Å². The van der Waals surface area contributed by atoms with E-state index < -0.39 is 0 Å². The average Bonchev–Trinajstić information content (AvgIpc) is 3.33. The third-order valence-corrected chi connectivity index (χ3v) is 5.55. The number of halogens is 1. The highest BCUT2D eigenvalue weighted by atomic mass is 35.5. The topological polar surface area (TPSA) is 44.2 Å². The number of aromatic amines is 1. The standard InChI is InChI=1S/C23H22ClN3OS/c1-16-20(21-14-17(24)9-10-22(21)25-16)11-12-27(15-19-8-5-13-28-19)23(29)26-18-6-3-2-4-7-18/h2-10,13-14,25H,11-12,15H2,1H3,(H,26,29). The molecule has 2 N–H and O–H groups in total. The van der Waals surface area contributed by atoms with Gasteiger partial charge in [-0.3, -0.25) is 0 Å². The second-order valence-electron chi connectivity index (χ2n) is 6.97. The zero-order chi connectivity index (χ0) is 20.2. The first kappa shape index (κ1) is 19.6. The van der Waals surface area contributed by atoms with Gasteiger partial charge in [-0.2, -0.15) is 0 Å². The maximum Gasteiger partial charge on any atom is 0.173 e. The van der Waals surface area contributed by atoms with Gasteiger partial charge in [-0.1, -0.05) is 29.8 Å². The number of thiocarbonyl (C=S) groups is 1. The smallest absolute Gasteiger partial charge is 0.173 e. The zero-order valence-corrected chi connectivity index (χ0v) is 17.7. The van der Waals surface area contributed by atoms with Crippen LogP contribution in [0.4, 0.5) is 5.69 Å². The van der Waals surface area contributed by atoms with Crippen molar-refractivity contribution in [2.75, 3.05) is 11.9 Å². The van der Waals surface area contributed by atoms with E-state index in [-0.39, 0.29) is 0 Å². The third-order valence-electron chi connectivity index (χ3n) is 4.95. The molecular weight excluding hydrogens is 402 g/mol. The van der Waals surface area contributed by atoms with Gasteiger partial charge in [0.25, 0.3) is 0 Å². The molecule has 0 unspecified atom stereocenters. The van der Waals surface area contributed by atoms with E-state index in [1.54, 1.807) is 6.26 Å². The summed E-state index contributed by atoms with van der Waals surface area (Å²) in [4.78, 5) is 5.58. The Morgan fingerprint density at radius 1 is 1.14 bits per heavy atom. The maximum atomic E-state index is 6.23. The lowest BCUT2D eigenvalue weighted by Crippen LogP contribution is -2.35. The number of H-pyrrole nitrogens is 1. The number of nitrogens with zero attached hydrogens (tertiary/aromatic N) is 1. The molecule has 4 aromatic rings. The Hall–Kier alpha value is -2.76. The molecule has 4 rings (SSSR count). The first-order chi connectivity index (χ1) is 14.1. The van der Waals surface area contributed by atoms with Gasteiger partial charge in [0.15, 0.2) is 5.11 Å². The highest BCUT2D eigenvalue weighted by molar-refractivity contribution is 7.80. The SMILES string of the molecule is Cc1[nH]c2ccc(Cl)cc2c1CCN(Cc1ccco1)C(=S)Nc1ccccc1. The molecule has 0 atom stereocenters. The molecule has 0 fully saturated rings. The Morgan fingerprint density at radius 3 is 2.72 bits per heavy atom. The van der Waals surface area contributed by atoms with Crippen LogP contribution in [0.25, 0.3) is 10.9 Å². The minimum Gasteiger partial charge on any atom is -0.467 e. The van der Waals surface area contributed by atoms with Crippen molar-refractivity contribution in [2.24, 2.45) is 0 Å². The van der Waals surface area contributed by atoms with Gasteiger partial charge >= 0.3 is 0 Å². The van der Waals surface area contributed by atoms with E-state index in [2.05, 4.69) is 22.1 Å². The number of para-hydroxylation sites is 1. The minimum absolute atomic E-state index is 0.605. The zero-order valence-electron chi connectivity index (χ0n) is 16.1. The summed E-state index contributed by atoms with van der Waals surface area (Å²) in [5, 5.41) is 5.91. The van der Waals surface area contributed by atoms with Crippen LogP contribution in [0.5, 0.6) is 0 Å².